The molecule has 0 bridgehead atoms. The van der Waals surface area contributed by atoms with E-state index in [1.165, 1.54) is 0 Å². The Morgan fingerprint density at radius 3 is 2.78 bits per heavy atom. The van der Waals surface area contributed by atoms with Crippen LogP contribution < -0.4 is 0 Å². The Hall–Kier alpha value is 0.170. The molecule has 0 aromatic carbocycles. The summed E-state index contributed by atoms with van der Waals surface area (Å²) in [6, 6.07) is 0. The third-order valence-electron chi connectivity index (χ3n) is 0.908. The number of alkyl halides is 2. The summed E-state index contributed by atoms with van der Waals surface area (Å²) in [4.78, 5) is 3.90. The number of aromatic nitrogens is 2. The van der Waals surface area contributed by atoms with E-state index in [1.807, 2.05) is 10.8 Å². The van der Waals surface area contributed by atoms with Crippen LogP contribution in [0.15, 0.2) is 18.7 Å². The van der Waals surface area contributed by atoms with Gasteiger partial charge in [0.15, 0.2) is 0 Å². The maximum absolute atomic E-state index is 3.90. The molecule has 0 spiro atoms. The van der Waals surface area contributed by atoms with Crippen molar-refractivity contribution in [2.24, 2.45) is 0 Å². The molecule has 50 valence electrons. The van der Waals surface area contributed by atoms with Gasteiger partial charge in [-0.1, -0.05) is 31.9 Å². The Kier molecular flexibility index (Phi) is 2.72. The molecular weight excluding hydrogens is 248 g/mol. The van der Waals surface area contributed by atoms with E-state index in [9.17, 15) is 0 Å². The highest BCUT2D eigenvalue weighted by Crippen LogP contribution is 2.09. The lowest BCUT2D eigenvalue weighted by Gasteiger charge is -2.00. The van der Waals surface area contributed by atoms with Crippen molar-refractivity contribution in [1.82, 2.24) is 9.55 Å². The molecule has 2 nitrogen and oxygen atoms in total. The van der Waals surface area contributed by atoms with Crippen molar-refractivity contribution in [3.8, 4) is 0 Å². The Labute approximate surface area is 70.5 Å². The van der Waals surface area contributed by atoms with Gasteiger partial charge in [-0.15, -0.1) is 0 Å². The molecule has 0 aliphatic carbocycles. The average Bonchev–Trinajstić information content (AvgIpc) is 2.15. The summed E-state index contributed by atoms with van der Waals surface area (Å²) in [5, 5.41) is 0. The normalized spacial score (nSPS) is 10.6. The highest BCUT2D eigenvalue weighted by molar-refractivity contribution is 9.24. The van der Waals surface area contributed by atoms with Crippen LogP contribution in [0.1, 0.15) is 0 Å². The number of halogens is 2. The fraction of sp³-hybridized carbons (Fsp3) is 0.400. The molecule has 0 fully saturated rings. The minimum Gasteiger partial charge on any atom is -0.336 e. The maximum Gasteiger partial charge on any atom is 0.0946 e. The van der Waals surface area contributed by atoms with Crippen molar-refractivity contribution in [2.75, 3.05) is 0 Å². The number of hydrogen-bond donors (Lipinski definition) is 0. The number of nitrogens with zero attached hydrogens (tertiary/aromatic N) is 2. The minimum absolute atomic E-state index is 0.333. The molecule has 9 heavy (non-hydrogen) atoms. The number of hydrogen-bond acceptors (Lipinski definition) is 1. The van der Waals surface area contributed by atoms with Crippen molar-refractivity contribution >= 4 is 31.9 Å². The number of imidazole rings is 1. The van der Waals surface area contributed by atoms with E-state index in [4.69, 9.17) is 0 Å². The van der Waals surface area contributed by atoms with Gasteiger partial charge in [0.2, 0.25) is 0 Å². The van der Waals surface area contributed by atoms with Crippen LogP contribution in [0.25, 0.3) is 0 Å². The first-order chi connectivity index (χ1) is 4.29. The van der Waals surface area contributed by atoms with Gasteiger partial charge in [0.05, 0.1) is 10.1 Å². The molecule has 0 N–H and O–H groups in total. The van der Waals surface area contributed by atoms with Crippen LogP contribution in [0.4, 0.5) is 0 Å². The summed E-state index contributed by atoms with van der Waals surface area (Å²) in [5.74, 6) is 0. The first-order valence-electron chi connectivity index (χ1n) is 2.53. The van der Waals surface area contributed by atoms with E-state index in [2.05, 4.69) is 36.8 Å². The third kappa shape index (κ3) is 2.49. The minimum atomic E-state index is 0.333. The quantitative estimate of drug-likeness (QED) is 0.738. The fourth-order valence-electron chi connectivity index (χ4n) is 0.554. The molecule has 0 unspecified atom stereocenters. The Balaban J connectivity index is 2.48. The Bertz CT molecular complexity index is 159. The molecule has 1 aromatic rings. The van der Waals surface area contributed by atoms with Crippen molar-refractivity contribution < 1.29 is 0 Å². The van der Waals surface area contributed by atoms with Gasteiger partial charge in [-0.2, -0.15) is 0 Å². The lowest BCUT2D eigenvalue weighted by molar-refractivity contribution is 0.760. The summed E-state index contributed by atoms with van der Waals surface area (Å²) < 4.78 is 2.33. The van der Waals surface area contributed by atoms with E-state index < -0.39 is 0 Å². The van der Waals surface area contributed by atoms with Crippen molar-refractivity contribution in [2.45, 2.75) is 10.3 Å². The molecule has 1 heterocycles. The largest absolute Gasteiger partial charge is 0.336 e. The zero-order chi connectivity index (χ0) is 6.69. The second-order valence-electron chi connectivity index (χ2n) is 1.65. The van der Waals surface area contributed by atoms with Gasteiger partial charge in [0, 0.05) is 18.9 Å². The molecule has 0 saturated carbocycles. The summed E-state index contributed by atoms with van der Waals surface area (Å²) in [6.45, 7) is 0.903. The van der Waals surface area contributed by atoms with E-state index >= 15 is 0 Å². The third-order valence-corrected chi connectivity index (χ3v) is 1.49. The highest BCUT2D eigenvalue weighted by atomic mass is 79.9. The molecule has 4 heteroatoms. The van der Waals surface area contributed by atoms with Gasteiger partial charge >= 0.3 is 0 Å². The van der Waals surface area contributed by atoms with Gasteiger partial charge in [-0.3, -0.25) is 0 Å². The summed E-state index contributed by atoms with van der Waals surface area (Å²) >= 11 is 6.73. The lowest BCUT2D eigenvalue weighted by atomic mass is 10.7. The molecule has 0 aliphatic heterocycles. The molecule has 0 atom stereocenters. The monoisotopic (exact) mass is 252 g/mol. The molecule has 1 aromatic heterocycles. The average molecular weight is 254 g/mol. The van der Waals surface area contributed by atoms with E-state index in [0.29, 0.717) is 3.74 Å². The second kappa shape index (κ2) is 3.37. The number of rotatable bonds is 2. The van der Waals surface area contributed by atoms with Crippen LogP contribution >= 0.6 is 31.9 Å². The van der Waals surface area contributed by atoms with Crippen molar-refractivity contribution in [1.29, 1.82) is 0 Å². The van der Waals surface area contributed by atoms with E-state index in [1.54, 1.807) is 12.5 Å². The summed E-state index contributed by atoms with van der Waals surface area (Å²) in [7, 11) is 0. The molecule has 0 radical (unpaired) electrons. The lowest BCUT2D eigenvalue weighted by Crippen LogP contribution is -2.00. The van der Waals surface area contributed by atoms with Crippen LogP contribution in [0.5, 0.6) is 0 Å². The SMILES string of the molecule is BrC(Br)Cn1ccnc1. The van der Waals surface area contributed by atoms with Crippen LogP contribution in [-0.4, -0.2) is 13.3 Å². The first kappa shape index (κ1) is 7.28. The summed E-state index contributed by atoms with van der Waals surface area (Å²) in [5.41, 5.74) is 0. The zero-order valence-electron chi connectivity index (χ0n) is 4.67. The molecule has 0 aliphatic rings. The van der Waals surface area contributed by atoms with Gasteiger partial charge < -0.3 is 4.57 Å². The smallest absolute Gasteiger partial charge is 0.0946 e. The topological polar surface area (TPSA) is 17.8 Å². The highest BCUT2D eigenvalue weighted by Gasteiger charge is 1.96. The molecular formula is C5H6Br2N2. The Morgan fingerprint density at radius 2 is 2.33 bits per heavy atom. The van der Waals surface area contributed by atoms with Gasteiger partial charge in [0.1, 0.15) is 0 Å². The van der Waals surface area contributed by atoms with Gasteiger partial charge in [0.25, 0.3) is 0 Å². The Morgan fingerprint density at radius 1 is 1.56 bits per heavy atom. The zero-order valence-corrected chi connectivity index (χ0v) is 7.84. The molecule has 0 saturated heterocycles. The van der Waals surface area contributed by atoms with E-state index in [0.717, 1.165) is 6.54 Å². The standard InChI is InChI=1S/C5H6Br2N2/c6-5(7)3-9-2-1-8-4-9/h1-2,4-5H,3H2. The predicted octanol–water partition coefficient (Wildman–Crippen LogP) is 2.00. The first-order valence-corrected chi connectivity index (χ1v) is 4.36. The van der Waals surface area contributed by atoms with E-state index in [-0.39, 0.29) is 0 Å². The van der Waals surface area contributed by atoms with Gasteiger partial charge in [-0.05, 0) is 0 Å². The predicted molar refractivity (Wildman–Crippen MR) is 43.9 cm³/mol. The van der Waals surface area contributed by atoms with Crippen molar-refractivity contribution in [3.63, 3.8) is 0 Å². The molecule has 0 amide bonds. The van der Waals surface area contributed by atoms with Crippen LogP contribution in [0.2, 0.25) is 0 Å². The second-order valence-corrected chi connectivity index (χ2v) is 5.09. The fourth-order valence-corrected chi connectivity index (χ4v) is 1.22. The molecule has 1 rings (SSSR count). The van der Waals surface area contributed by atoms with Crippen LogP contribution in [0, 0.1) is 0 Å². The van der Waals surface area contributed by atoms with Gasteiger partial charge in [-0.25, -0.2) is 4.98 Å². The van der Waals surface area contributed by atoms with Crippen molar-refractivity contribution in [3.05, 3.63) is 18.7 Å². The van der Waals surface area contributed by atoms with Crippen LogP contribution in [0.3, 0.4) is 0 Å². The summed E-state index contributed by atoms with van der Waals surface area (Å²) in [6.07, 6.45) is 5.48. The maximum atomic E-state index is 3.90. The van der Waals surface area contributed by atoms with Crippen LogP contribution in [-0.2, 0) is 6.54 Å².